The normalized spacial score (nSPS) is 17.0. The third kappa shape index (κ3) is 5.09. The molecule has 0 radical (unpaired) electrons. The fourth-order valence-electron chi connectivity index (χ4n) is 2.82. The van der Waals surface area contributed by atoms with Gasteiger partial charge in [0.2, 0.25) is 0 Å². The molecule has 2 amide bonds. The van der Waals surface area contributed by atoms with Crippen molar-refractivity contribution in [1.82, 2.24) is 9.88 Å². The number of aryl methyl sites for hydroxylation is 2. The predicted octanol–water partition coefficient (Wildman–Crippen LogP) is 3.66. The van der Waals surface area contributed by atoms with Crippen LogP contribution in [-0.2, 0) is 4.74 Å². The lowest BCUT2D eigenvalue weighted by Gasteiger charge is -2.32. The van der Waals surface area contributed by atoms with Crippen molar-refractivity contribution >= 4 is 23.4 Å². The number of ether oxygens (including phenoxy) is 2. The average Bonchev–Trinajstić information content (AvgIpc) is 2.60. The van der Waals surface area contributed by atoms with Crippen LogP contribution < -0.4 is 10.1 Å². The van der Waals surface area contributed by atoms with Crippen molar-refractivity contribution in [2.75, 3.05) is 31.6 Å². The standard InChI is InChI=1S/C19H22ClN3O3/c1-13-9-14(2)21-18(10-13)22-19(24)23-7-8-25-17(11-23)12-26-16-5-3-15(20)4-6-16/h3-6,9-10,17H,7-8,11-12H2,1-2H3,(H,21,22,24). The number of pyridine rings is 1. The van der Waals surface area contributed by atoms with Gasteiger partial charge in [-0.25, -0.2) is 9.78 Å². The molecule has 1 fully saturated rings. The summed E-state index contributed by atoms with van der Waals surface area (Å²) in [7, 11) is 0. The number of nitrogens with zero attached hydrogens (tertiary/aromatic N) is 2. The molecular weight excluding hydrogens is 354 g/mol. The predicted molar refractivity (Wildman–Crippen MR) is 101 cm³/mol. The summed E-state index contributed by atoms with van der Waals surface area (Å²) in [5.41, 5.74) is 1.93. The lowest BCUT2D eigenvalue weighted by molar-refractivity contribution is -0.0337. The van der Waals surface area contributed by atoms with Crippen LogP contribution in [0.1, 0.15) is 11.3 Å². The Hall–Kier alpha value is -2.31. The number of morpholine rings is 1. The molecule has 138 valence electrons. The number of halogens is 1. The highest BCUT2D eigenvalue weighted by molar-refractivity contribution is 6.30. The lowest BCUT2D eigenvalue weighted by Crippen LogP contribution is -2.49. The molecule has 26 heavy (non-hydrogen) atoms. The Morgan fingerprint density at radius 1 is 1.35 bits per heavy atom. The Labute approximate surface area is 158 Å². The third-order valence-electron chi connectivity index (χ3n) is 4.01. The molecule has 0 saturated carbocycles. The molecule has 1 aromatic heterocycles. The molecule has 0 bridgehead atoms. The summed E-state index contributed by atoms with van der Waals surface area (Å²) < 4.78 is 11.4. The monoisotopic (exact) mass is 375 g/mol. The van der Waals surface area contributed by atoms with Gasteiger partial charge in [0.1, 0.15) is 24.3 Å². The first-order valence-electron chi connectivity index (χ1n) is 8.51. The molecule has 1 atom stereocenters. The van der Waals surface area contributed by atoms with E-state index in [9.17, 15) is 4.79 Å². The van der Waals surface area contributed by atoms with Gasteiger partial charge in [0.05, 0.1) is 13.2 Å². The third-order valence-corrected chi connectivity index (χ3v) is 4.26. The molecule has 1 saturated heterocycles. The maximum Gasteiger partial charge on any atom is 0.323 e. The Balaban J connectivity index is 1.53. The number of benzene rings is 1. The van der Waals surface area contributed by atoms with Crippen LogP contribution in [-0.4, -0.2) is 48.3 Å². The molecule has 1 N–H and O–H groups in total. The minimum atomic E-state index is -0.183. The summed E-state index contributed by atoms with van der Waals surface area (Å²) in [6.45, 7) is 5.72. The van der Waals surface area contributed by atoms with Crippen LogP contribution in [0.5, 0.6) is 5.75 Å². The number of carbonyl (C=O) groups excluding carboxylic acids is 1. The van der Waals surface area contributed by atoms with Gasteiger partial charge in [-0.1, -0.05) is 11.6 Å². The van der Waals surface area contributed by atoms with Crippen LogP contribution in [0.25, 0.3) is 0 Å². The number of hydrogen-bond donors (Lipinski definition) is 1. The molecule has 2 aromatic rings. The van der Waals surface area contributed by atoms with Gasteiger partial charge in [-0.05, 0) is 55.8 Å². The van der Waals surface area contributed by atoms with Crippen LogP contribution in [0.4, 0.5) is 10.6 Å². The van der Waals surface area contributed by atoms with Gasteiger partial charge in [0.25, 0.3) is 0 Å². The molecule has 1 aliphatic heterocycles. The summed E-state index contributed by atoms with van der Waals surface area (Å²) >= 11 is 5.86. The van der Waals surface area contributed by atoms with Crippen molar-refractivity contribution in [3.05, 3.63) is 52.7 Å². The van der Waals surface area contributed by atoms with E-state index in [-0.39, 0.29) is 12.1 Å². The van der Waals surface area contributed by atoms with E-state index in [2.05, 4.69) is 10.3 Å². The summed E-state index contributed by atoms with van der Waals surface area (Å²) in [5.74, 6) is 1.28. The number of carbonyl (C=O) groups is 1. The molecule has 6 nitrogen and oxygen atoms in total. The summed E-state index contributed by atoms with van der Waals surface area (Å²) in [6.07, 6.45) is -0.183. The van der Waals surface area contributed by atoms with Crippen molar-refractivity contribution in [2.24, 2.45) is 0 Å². The molecule has 1 unspecified atom stereocenters. The molecule has 3 rings (SSSR count). The summed E-state index contributed by atoms with van der Waals surface area (Å²) in [4.78, 5) is 18.6. The van der Waals surface area contributed by atoms with E-state index in [0.717, 1.165) is 17.0 Å². The zero-order valence-corrected chi connectivity index (χ0v) is 15.6. The van der Waals surface area contributed by atoms with Crippen molar-refractivity contribution < 1.29 is 14.3 Å². The zero-order chi connectivity index (χ0) is 18.5. The van der Waals surface area contributed by atoms with Crippen molar-refractivity contribution in [2.45, 2.75) is 20.0 Å². The number of rotatable bonds is 4. The Bertz CT molecular complexity index is 747. The van der Waals surface area contributed by atoms with Gasteiger partial charge in [-0.2, -0.15) is 0 Å². The SMILES string of the molecule is Cc1cc(C)nc(NC(=O)N2CCOC(COc3ccc(Cl)cc3)C2)c1. The van der Waals surface area contributed by atoms with E-state index in [0.29, 0.717) is 37.1 Å². The van der Waals surface area contributed by atoms with E-state index in [1.54, 1.807) is 29.2 Å². The maximum absolute atomic E-state index is 12.5. The topological polar surface area (TPSA) is 63.7 Å². The van der Waals surface area contributed by atoms with E-state index >= 15 is 0 Å². The van der Waals surface area contributed by atoms with Crippen LogP contribution in [0.2, 0.25) is 5.02 Å². The molecule has 2 heterocycles. The number of amides is 2. The van der Waals surface area contributed by atoms with E-state index in [1.807, 2.05) is 26.0 Å². The lowest BCUT2D eigenvalue weighted by atomic mass is 10.2. The van der Waals surface area contributed by atoms with Crippen LogP contribution in [0.3, 0.4) is 0 Å². The van der Waals surface area contributed by atoms with Gasteiger partial charge in [-0.15, -0.1) is 0 Å². The van der Waals surface area contributed by atoms with Gasteiger partial charge in [0, 0.05) is 17.3 Å². The van der Waals surface area contributed by atoms with E-state index < -0.39 is 0 Å². The maximum atomic E-state index is 12.5. The van der Waals surface area contributed by atoms with E-state index in [1.165, 1.54) is 0 Å². The second-order valence-electron chi connectivity index (χ2n) is 6.31. The van der Waals surface area contributed by atoms with Crippen LogP contribution in [0, 0.1) is 13.8 Å². The summed E-state index contributed by atoms with van der Waals surface area (Å²) in [5, 5.41) is 3.52. The Morgan fingerprint density at radius 3 is 2.85 bits per heavy atom. The first-order valence-corrected chi connectivity index (χ1v) is 8.88. The highest BCUT2D eigenvalue weighted by atomic mass is 35.5. The molecule has 0 aliphatic carbocycles. The number of urea groups is 1. The number of anilines is 1. The quantitative estimate of drug-likeness (QED) is 0.885. The number of hydrogen-bond acceptors (Lipinski definition) is 4. The molecule has 1 aliphatic rings. The van der Waals surface area contributed by atoms with Gasteiger partial charge in [0.15, 0.2) is 0 Å². The number of aromatic nitrogens is 1. The smallest absolute Gasteiger partial charge is 0.323 e. The van der Waals surface area contributed by atoms with E-state index in [4.69, 9.17) is 21.1 Å². The number of nitrogens with one attached hydrogen (secondary N) is 1. The zero-order valence-electron chi connectivity index (χ0n) is 14.9. The van der Waals surface area contributed by atoms with Crippen molar-refractivity contribution in [3.8, 4) is 5.75 Å². The van der Waals surface area contributed by atoms with Crippen LogP contribution >= 0.6 is 11.6 Å². The van der Waals surface area contributed by atoms with Crippen molar-refractivity contribution in [1.29, 1.82) is 0 Å². The highest BCUT2D eigenvalue weighted by Crippen LogP contribution is 2.17. The first kappa shape index (κ1) is 18.5. The molecule has 0 spiro atoms. The Kier molecular flexibility index (Phi) is 5.96. The first-order chi connectivity index (χ1) is 12.5. The molecule has 1 aromatic carbocycles. The fourth-order valence-corrected chi connectivity index (χ4v) is 2.94. The minimum absolute atomic E-state index is 0.178. The highest BCUT2D eigenvalue weighted by Gasteiger charge is 2.25. The minimum Gasteiger partial charge on any atom is -0.491 e. The second-order valence-corrected chi connectivity index (χ2v) is 6.74. The van der Waals surface area contributed by atoms with Gasteiger partial charge in [-0.3, -0.25) is 5.32 Å². The summed E-state index contributed by atoms with van der Waals surface area (Å²) in [6, 6.07) is 10.8. The van der Waals surface area contributed by atoms with Gasteiger partial charge < -0.3 is 14.4 Å². The molecule has 7 heteroatoms. The Morgan fingerprint density at radius 2 is 2.12 bits per heavy atom. The second kappa shape index (κ2) is 8.38. The van der Waals surface area contributed by atoms with Crippen molar-refractivity contribution in [3.63, 3.8) is 0 Å². The van der Waals surface area contributed by atoms with Gasteiger partial charge >= 0.3 is 6.03 Å². The van der Waals surface area contributed by atoms with Crippen LogP contribution in [0.15, 0.2) is 36.4 Å². The largest absolute Gasteiger partial charge is 0.491 e. The molecular formula is C19H22ClN3O3. The average molecular weight is 376 g/mol. The fraction of sp³-hybridized carbons (Fsp3) is 0.368.